The lowest BCUT2D eigenvalue weighted by atomic mass is 9.46. The molecular formula is C25H36N2O2S. The van der Waals surface area contributed by atoms with Crippen LogP contribution in [0.4, 0.5) is 5.13 Å². The lowest BCUT2D eigenvalue weighted by Crippen LogP contribution is -2.53. The molecule has 4 aliphatic rings. The van der Waals surface area contributed by atoms with E-state index in [4.69, 9.17) is 4.98 Å². The number of fused-ring (bicyclic) bond motifs is 5. The van der Waals surface area contributed by atoms with Crippen molar-refractivity contribution in [2.75, 3.05) is 11.9 Å². The first-order valence-corrected chi connectivity index (χ1v) is 12.9. The van der Waals surface area contributed by atoms with E-state index in [0.29, 0.717) is 30.0 Å². The van der Waals surface area contributed by atoms with Gasteiger partial charge in [0.25, 0.3) is 0 Å². The number of aromatic nitrogens is 1. The van der Waals surface area contributed by atoms with E-state index in [1.54, 1.807) is 11.3 Å². The van der Waals surface area contributed by atoms with Crippen molar-refractivity contribution in [1.82, 2.24) is 4.98 Å². The van der Waals surface area contributed by atoms with Crippen LogP contribution in [0.15, 0.2) is 17.0 Å². The van der Waals surface area contributed by atoms with E-state index in [1.165, 1.54) is 12.0 Å². The standard InChI is InChI=1S/C25H36N2O2S/c1-4-13-26-22-27-21(15-30-22)25(29)12-9-20-18-6-5-16-14-17(28)7-10-23(16,2)19(18)8-11-24(20,25)3/h14-15,18-20,29H,4-13H2,1-3H3,(H,26,27)/t18-,19+,20+,23+,24+,25+/m1/s1. The first kappa shape index (κ1) is 20.7. The number of carbonyl (C=O) groups is 1. The molecule has 1 heterocycles. The second-order valence-corrected chi connectivity index (χ2v) is 11.6. The van der Waals surface area contributed by atoms with E-state index in [-0.39, 0.29) is 10.8 Å². The molecule has 0 saturated heterocycles. The number of hydrogen-bond donors (Lipinski definition) is 2. The van der Waals surface area contributed by atoms with Crippen molar-refractivity contribution in [3.63, 3.8) is 0 Å². The van der Waals surface area contributed by atoms with Crippen molar-refractivity contribution in [3.05, 3.63) is 22.7 Å². The van der Waals surface area contributed by atoms with Crippen LogP contribution in [0.1, 0.15) is 84.3 Å². The van der Waals surface area contributed by atoms with Crippen LogP contribution in [-0.4, -0.2) is 22.4 Å². The highest BCUT2D eigenvalue weighted by atomic mass is 32.1. The predicted molar refractivity (Wildman–Crippen MR) is 122 cm³/mol. The van der Waals surface area contributed by atoms with Crippen LogP contribution < -0.4 is 5.32 Å². The lowest BCUT2D eigenvalue weighted by molar-refractivity contribution is -0.135. The number of anilines is 1. The maximum absolute atomic E-state index is 12.0. The Labute approximate surface area is 184 Å². The summed E-state index contributed by atoms with van der Waals surface area (Å²) in [5.41, 5.74) is 1.58. The molecule has 3 fully saturated rings. The van der Waals surface area contributed by atoms with Crippen LogP contribution in [0.5, 0.6) is 0 Å². The van der Waals surface area contributed by atoms with Gasteiger partial charge >= 0.3 is 0 Å². The van der Waals surface area contributed by atoms with Gasteiger partial charge in [0, 0.05) is 23.8 Å². The molecule has 164 valence electrons. The molecule has 30 heavy (non-hydrogen) atoms. The Hall–Kier alpha value is -1.20. The Morgan fingerprint density at radius 2 is 1.97 bits per heavy atom. The highest BCUT2D eigenvalue weighted by Gasteiger charge is 2.65. The molecule has 0 aromatic carbocycles. The fraction of sp³-hybridized carbons (Fsp3) is 0.760. The summed E-state index contributed by atoms with van der Waals surface area (Å²) in [6.07, 6.45) is 11.2. The first-order valence-electron chi connectivity index (χ1n) is 12.0. The smallest absolute Gasteiger partial charge is 0.182 e. The molecule has 5 rings (SSSR count). The van der Waals surface area contributed by atoms with Gasteiger partial charge in [-0.2, -0.15) is 0 Å². The SMILES string of the molecule is CCCNc1nc([C@@]2(O)CC[C@H]3[C@@H]4CCC5=CC(=O)CC[C@]5(C)[C@H]4CC[C@@]32C)cs1. The minimum Gasteiger partial charge on any atom is -0.383 e. The van der Waals surface area contributed by atoms with Crippen LogP contribution in [0, 0.1) is 28.6 Å². The number of hydrogen-bond acceptors (Lipinski definition) is 5. The topological polar surface area (TPSA) is 62.2 Å². The molecule has 0 amide bonds. The zero-order valence-electron chi connectivity index (χ0n) is 18.7. The normalized spacial score (nSPS) is 42.9. The Morgan fingerprint density at radius 3 is 2.77 bits per heavy atom. The number of aliphatic hydroxyl groups is 1. The van der Waals surface area contributed by atoms with Gasteiger partial charge in [-0.3, -0.25) is 4.79 Å². The molecule has 1 aromatic heterocycles. The molecule has 0 unspecified atom stereocenters. The van der Waals surface area contributed by atoms with Crippen LogP contribution in [-0.2, 0) is 10.4 Å². The van der Waals surface area contributed by atoms with Gasteiger partial charge in [0.2, 0.25) is 0 Å². The number of nitrogens with one attached hydrogen (secondary N) is 1. The third kappa shape index (κ3) is 2.80. The largest absolute Gasteiger partial charge is 0.383 e. The Kier molecular flexibility index (Phi) is 4.94. The molecule has 0 radical (unpaired) electrons. The van der Waals surface area contributed by atoms with Crippen molar-refractivity contribution in [3.8, 4) is 0 Å². The van der Waals surface area contributed by atoms with Crippen molar-refractivity contribution < 1.29 is 9.90 Å². The molecular weight excluding hydrogens is 392 g/mol. The van der Waals surface area contributed by atoms with Gasteiger partial charge in [-0.05, 0) is 80.6 Å². The average molecular weight is 429 g/mol. The summed E-state index contributed by atoms with van der Waals surface area (Å²) in [4.78, 5) is 16.9. The van der Waals surface area contributed by atoms with Crippen LogP contribution >= 0.6 is 11.3 Å². The van der Waals surface area contributed by atoms with Gasteiger partial charge in [0.15, 0.2) is 10.9 Å². The highest BCUT2D eigenvalue weighted by Crippen LogP contribution is 2.69. The Balaban J connectivity index is 1.43. The molecule has 1 aromatic rings. The second kappa shape index (κ2) is 7.16. The van der Waals surface area contributed by atoms with E-state index >= 15 is 0 Å². The van der Waals surface area contributed by atoms with Crippen molar-refractivity contribution >= 4 is 22.3 Å². The fourth-order valence-electron chi connectivity index (χ4n) is 7.77. The van der Waals surface area contributed by atoms with Gasteiger partial charge < -0.3 is 10.4 Å². The monoisotopic (exact) mass is 428 g/mol. The summed E-state index contributed by atoms with van der Waals surface area (Å²) in [7, 11) is 0. The van der Waals surface area contributed by atoms with E-state index in [2.05, 4.69) is 31.5 Å². The number of rotatable bonds is 4. The molecule has 4 nitrogen and oxygen atoms in total. The quantitative estimate of drug-likeness (QED) is 0.647. The summed E-state index contributed by atoms with van der Waals surface area (Å²) in [5, 5.41) is 18.5. The molecule has 2 N–H and O–H groups in total. The van der Waals surface area contributed by atoms with E-state index in [0.717, 1.165) is 62.3 Å². The summed E-state index contributed by atoms with van der Waals surface area (Å²) in [6, 6.07) is 0. The number of ketones is 1. The van der Waals surface area contributed by atoms with Crippen molar-refractivity contribution in [2.45, 2.75) is 84.2 Å². The zero-order valence-corrected chi connectivity index (χ0v) is 19.5. The van der Waals surface area contributed by atoms with Crippen LogP contribution in [0.3, 0.4) is 0 Å². The maximum atomic E-state index is 12.0. The van der Waals surface area contributed by atoms with Crippen LogP contribution in [0.2, 0.25) is 0 Å². The number of thiazole rings is 1. The molecule has 6 atom stereocenters. The fourth-order valence-corrected chi connectivity index (χ4v) is 8.58. The summed E-state index contributed by atoms with van der Waals surface area (Å²) < 4.78 is 0. The van der Waals surface area contributed by atoms with Crippen molar-refractivity contribution in [2.24, 2.45) is 28.6 Å². The zero-order chi connectivity index (χ0) is 21.1. The number of allylic oxidation sites excluding steroid dienone is 1. The predicted octanol–water partition coefficient (Wildman–Crippen LogP) is 5.68. The average Bonchev–Trinajstić information content (AvgIpc) is 3.31. The van der Waals surface area contributed by atoms with E-state index in [1.807, 2.05) is 6.08 Å². The minimum atomic E-state index is -0.815. The Bertz CT molecular complexity index is 878. The molecule has 5 heteroatoms. The molecule has 3 saturated carbocycles. The minimum absolute atomic E-state index is 0.105. The summed E-state index contributed by atoms with van der Waals surface area (Å²) in [6.45, 7) is 7.85. The molecule has 0 bridgehead atoms. The van der Waals surface area contributed by atoms with Crippen molar-refractivity contribution in [1.29, 1.82) is 0 Å². The van der Waals surface area contributed by atoms with Crippen LogP contribution in [0.25, 0.3) is 0 Å². The van der Waals surface area contributed by atoms with E-state index in [9.17, 15) is 9.90 Å². The summed E-state index contributed by atoms with van der Waals surface area (Å²) >= 11 is 1.63. The summed E-state index contributed by atoms with van der Waals surface area (Å²) in [5.74, 6) is 2.19. The van der Waals surface area contributed by atoms with Gasteiger partial charge in [-0.1, -0.05) is 26.3 Å². The van der Waals surface area contributed by atoms with Gasteiger partial charge in [0.1, 0.15) is 5.60 Å². The number of carbonyl (C=O) groups excluding carboxylic acids is 1. The van der Waals surface area contributed by atoms with E-state index < -0.39 is 5.60 Å². The molecule has 0 aliphatic heterocycles. The molecule has 0 spiro atoms. The molecule has 4 aliphatic carbocycles. The Morgan fingerprint density at radius 1 is 1.17 bits per heavy atom. The van der Waals surface area contributed by atoms with Gasteiger partial charge in [0.05, 0.1) is 5.69 Å². The van der Waals surface area contributed by atoms with Gasteiger partial charge in [-0.25, -0.2) is 4.98 Å². The first-order chi connectivity index (χ1) is 14.3. The lowest BCUT2D eigenvalue weighted by Gasteiger charge is -2.59. The third-order valence-corrected chi connectivity index (χ3v) is 10.4. The third-order valence-electron chi connectivity index (χ3n) is 9.57. The second-order valence-electron chi connectivity index (χ2n) is 10.8. The highest BCUT2D eigenvalue weighted by molar-refractivity contribution is 7.13. The number of nitrogens with zero attached hydrogens (tertiary/aromatic N) is 1. The van der Waals surface area contributed by atoms with Gasteiger partial charge in [-0.15, -0.1) is 11.3 Å². The maximum Gasteiger partial charge on any atom is 0.182 e.